The third kappa shape index (κ3) is 4.42. The Kier molecular flexibility index (Phi) is 5.81. The third-order valence-electron chi connectivity index (χ3n) is 5.02. The van der Waals surface area contributed by atoms with Crippen LogP contribution in [-0.2, 0) is 0 Å². The second-order valence-electron chi connectivity index (χ2n) is 6.91. The van der Waals surface area contributed by atoms with E-state index < -0.39 is 0 Å². The van der Waals surface area contributed by atoms with Crippen LogP contribution < -0.4 is 15.4 Å². The Balaban J connectivity index is 1.78. The van der Waals surface area contributed by atoms with E-state index in [-0.39, 0.29) is 18.0 Å². The molecule has 0 bridgehead atoms. The molecule has 29 heavy (non-hydrogen) atoms. The number of quaternary nitrogens is 1. The molecule has 6 heteroatoms. The van der Waals surface area contributed by atoms with E-state index in [2.05, 4.69) is 44.8 Å². The maximum absolute atomic E-state index is 10.5. The highest BCUT2D eigenvalue weighted by Gasteiger charge is 2.29. The molecule has 1 aliphatic rings. The van der Waals surface area contributed by atoms with Crippen molar-refractivity contribution < 1.29 is 15.2 Å². The number of methoxy groups -OCH3 is 1. The summed E-state index contributed by atoms with van der Waals surface area (Å²) in [6, 6.07) is 21.2. The van der Waals surface area contributed by atoms with Crippen LogP contribution in [0.15, 0.2) is 77.3 Å². The Bertz CT molecular complexity index is 1050. The van der Waals surface area contributed by atoms with Crippen molar-refractivity contribution in [3.05, 3.63) is 99.0 Å². The zero-order chi connectivity index (χ0) is 20.4. The molecule has 0 aliphatic carbocycles. The van der Waals surface area contributed by atoms with Crippen molar-refractivity contribution in [2.45, 2.75) is 12.2 Å². The van der Waals surface area contributed by atoms with Crippen LogP contribution in [-0.4, -0.2) is 12.2 Å². The van der Waals surface area contributed by atoms with Crippen molar-refractivity contribution in [3.8, 4) is 11.5 Å². The lowest BCUT2D eigenvalue weighted by Crippen LogP contribution is -2.89. The fourth-order valence-corrected chi connectivity index (χ4v) is 3.97. The lowest BCUT2D eigenvalue weighted by molar-refractivity contribution is -0.731. The van der Waals surface area contributed by atoms with E-state index in [1.54, 1.807) is 19.2 Å². The minimum atomic E-state index is -0.107. The van der Waals surface area contributed by atoms with Gasteiger partial charge in [-0.3, -0.25) is 0 Å². The Morgan fingerprint density at radius 2 is 1.86 bits per heavy atom. The number of nitrogens with one attached hydrogen (secondary N) is 1. The number of aromatic hydroxyl groups is 1. The van der Waals surface area contributed by atoms with Gasteiger partial charge in [-0.1, -0.05) is 39.7 Å². The maximum atomic E-state index is 10.5. The second kappa shape index (κ2) is 8.49. The molecule has 3 aromatic rings. The largest absolute Gasteiger partial charge is 0.507 e. The SMILES string of the molecule is COc1cccc(C2=CC(c3cc(Cl)ccc3O)[NH2+]C(c3ccc(Br)cc3)N2)c1. The number of ether oxygens (including phenoxy) is 1. The molecule has 4 nitrogen and oxygen atoms in total. The maximum Gasteiger partial charge on any atom is 0.186 e. The first-order valence-corrected chi connectivity index (χ1v) is 10.4. The topological polar surface area (TPSA) is 58.1 Å². The van der Waals surface area contributed by atoms with Gasteiger partial charge in [0, 0.05) is 32.4 Å². The van der Waals surface area contributed by atoms with Gasteiger partial charge in [0.05, 0.1) is 12.7 Å². The normalized spacial score (nSPS) is 18.7. The molecular formula is C23H21BrClN2O2+. The minimum Gasteiger partial charge on any atom is -0.507 e. The molecule has 4 N–H and O–H groups in total. The first-order chi connectivity index (χ1) is 14.0. The molecule has 148 valence electrons. The van der Waals surface area contributed by atoms with Gasteiger partial charge in [-0.2, -0.15) is 0 Å². The highest BCUT2D eigenvalue weighted by molar-refractivity contribution is 9.10. The van der Waals surface area contributed by atoms with E-state index in [9.17, 15) is 5.11 Å². The fourth-order valence-electron chi connectivity index (χ4n) is 3.53. The molecule has 2 unspecified atom stereocenters. The van der Waals surface area contributed by atoms with E-state index in [4.69, 9.17) is 16.3 Å². The standard InChI is InChI=1S/C23H20BrClN2O2/c1-29-18-4-2-3-15(11-18)20-13-21(19-12-17(25)9-10-22(19)28)27-23(26-20)14-5-7-16(24)8-6-14/h2-13,21,23,26-28H,1H3/p+1. The number of rotatable bonds is 4. The summed E-state index contributed by atoms with van der Waals surface area (Å²) in [6.45, 7) is 0. The van der Waals surface area contributed by atoms with Gasteiger partial charge in [-0.15, -0.1) is 0 Å². The smallest absolute Gasteiger partial charge is 0.186 e. The first-order valence-electron chi connectivity index (χ1n) is 9.25. The van der Waals surface area contributed by atoms with Gasteiger partial charge >= 0.3 is 0 Å². The molecule has 0 aromatic heterocycles. The van der Waals surface area contributed by atoms with Gasteiger partial charge in [0.1, 0.15) is 17.5 Å². The van der Waals surface area contributed by atoms with Crippen LogP contribution in [0.3, 0.4) is 0 Å². The average Bonchev–Trinajstić information content (AvgIpc) is 2.75. The third-order valence-corrected chi connectivity index (χ3v) is 5.78. The van der Waals surface area contributed by atoms with E-state index in [1.165, 1.54) is 0 Å². The van der Waals surface area contributed by atoms with E-state index >= 15 is 0 Å². The minimum absolute atomic E-state index is 0.0299. The number of hydrogen-bond acceptors (Lipinski definition) is 3. The summed E-state index contributed by atoms with van der Waals surface area (Å²) in [5.74, 6) is 1.02. The predicted octanol–water partition coefficient (Wildman–Crippen LogP) is 4.76. The molecule has 1 heterocycles. The van der Waals surface area contributed by atoms with Crippen molar-refractivity contribution >= 4 is 33.2 Å². The molecule has 0 fully saturated rings. The zero-order valence-corrected chi connectivity index (χ0v) is 18.1. The zero-order valence-electron chi connectivity index (χ0n) is 15.8. The number of halogens is 2. The van der Waals surface area contributed by atoms with Gasteiger partial charge < -0.3 is 20.5 Å². The van der Waals surface area contributed by atoms with Crippen molar-refractivity contribution in [2.75, 3.05) is 7.11 Å². The molecule has 2 atom stereocenters. The van der Waals surface area contributed by atoms with Gasteiger partial charge in [-0.25, -0.2) is 0 Å². The summed E-state index contributed by atoms with van der Waals surface area (Å²) < 4.78 is 6.42. The van der Waals surface area contributed by atoms with Crippen LogP contribution in [0.25, 0.3) is 5.70 Å². The Morgan fingerprint density at radius 1 is 1.07 bits per heavy atom. The van der Waals surface area contributed by atoms with Crippen LogP contribution in [0.2, 0.25) is 5.02 Å². The lowest BCUT2D eigenvalue weighted by atomic mass is 9.98. The van der Waals surface area contributed by atoms with E-state index in [0.717, 1.165) is 32.6 Å². The fraction of sp³-hybridized carbons (Fsp3) is 0.130. The molecule has 0 radical (unpaired) electrons. The summed E-state index contributed by atoms with van der Waals surface area (Å²) in [4.78, 5) is 0. The van der Waals surface area contributed by atoms with Crippen LogP contribution in [0, 0.1) is 0 Å². The molecule has 0 saturated carbocycles. The van der Waals surface area contributed by atoms with E-state index in [1.807, 2.05) is 42.5 Å². The van der Waals surface area contributed by atoms with Crippen LogP contribution in [0.1, 0.15) is 28.9 Å². The van der Waals surface area contributed by atoms with Crippen LogP contribution in [0.5, 0.6) is 11.5 Å². The van der Waals surface area contributed by atoms with Gasteiger partial charge in [0.2, 0.25) is 0 Å². The number of benzene rings is 3. The average molecular weight is 473 g/mol. The Hall–Kier alpha value is -2.47. The molecule has 4 rings (SSSR count). The second-order valence-corrected chi connectivity index (χ2v) is 8.26. The molecule has 0 spiro atoms. The van der Waals surface area contributed by atoms with Crippen molar-refractivity contribution in [3.63, 3.8) is 0 Å². The van der Waals surface area contributed by atoms with Crippen LogP contribution in [0.4, 0.5) is 0 Å². The van der Waals surface area contributed by atoms with Gasteiger partial charge in [-0.05, 0) is 54.6 Å². The molecule has 0 amide bonds. The van der Waals surface area contributed by atoms with Crippen molar-refractivity contribution in [2.24, 2.45) is 0 Å². The predicted molar refractivity (Wildman–Crippen MR) is 119 cm³/mol. The summed E-state index contributed by atoms with van der Waals surface area (Å²) in [6.07, 6.45) is 2.08. The first kappa shape index (κ1) is 19.8. The molecule has 1 aliphatic heterocycles. The van der Waals surface area contributed by atoms with Gasteiger partial charge in [0.15, 0.2) is 6.17 Å². The molecule has 3 aromatic carbocycles. The molecule has 0 saturated heterocycles. The molecular weight excluding hydrogens is 452 g/mol. The van der Waals surface area contributed by atoms with Gasteiger partial charge in [0.25, 0.3) is 0 Å². The van der Waals surface area contributed by atoms with Crippen molar-refractivity contribution in [1.29, 1.82) is 0 Å². The number of phenols is 1. The lowest BCUT2D eigenvalue weighted by Gasteiger charge is -2.30. The summed E-state index contributed by atoms with van der Waals surface area (Å²) in [7, 11) is 1.66. The quantitative estimate of drug-likeness (QED) is 0.513. The van der Waals surface area contributed by atoms with Crippen LogP contribution >= 0.6 is 27.5 Å². The number of hydrogen-bond donors (Lipinski definition) is 3. The number of phenolic OH excluding ortho intramolecular Hbond substituents is 1. The van der Waals surface area contributed by atoms with Crippen molar-refractivity contribution in [1.82, 2.24) is 5.32 Å². The number of nitrogens with two attached hydrogens (primary N) is 1. The highest BCUT2D eigenvalue weighted by atomic mass is 79.9. The van der Waals surface area contributed by atoms with E-state index in [0.29, 0.717) is 5.02 Å². The Morgan fingerprint density at radius 3 is 2.62 bits per heavy atom. The summed E-state index contributed by atoms with van der Waals surface area (Å²) in [5, 5.41) is 16.9. The monoisotopic (exact) mass is 471 g/mol. The summed E-state index contributed by atoms with van der Waals surface area (Å²) in [5.41, 5.74) is 3.91. The Labute approximate surface area is 183 Å². The summed E-state index contributed by atoms with van der Waals surface area (Å²) >= 11 is 9.71. The highest BCUT2D eigenvalue weighted by Crippen LogP contribution is 2.31.